The van der Waals surface area contributed by atoms with Gasteiger partial charge in [0.2, 0.25) is 0 Å². The van der Waals surface area contributed by atoms with Gasteiger partial charge >= 0.3 is 0 Å². The summed E-state index contributed by atoms with van der Waals surface area (Å²) in [7, 11) is 0. The van der Waals surface area contributed by atoms with Crippen molar-refractivity contribution in [3.8, 4) is 0 Å². The second-order valence-electron chi connectivity index (χ2n) is 5.98. The van der Waals surface area contributed by atoms with Crippen molar-refractivity contribution in [2.24, 2.45) is 0 Å². The molecule has 19 heavy (non-hydrogen) atoms. The Morgan fingerprint density at radius 2 is 1.58 bits per heavy atom. The SMILES string of the molecule is O=C1CCCNNN(C2CCCCCCCC2)CC1. The maximum absolute atomic E-state index is 11.7. The van der Waals surface area contributed by atoms with E-state index in [0.717, 1.165) is 25.9 Å². The van der Waals surface area contributed by atoms with Crippen LogP contribution in [0.4, 0.5) is 0 Å². The first-order chi connectivity index (χ1) is 9.36. The molecule has 0 spiro atoms. The van der Waals surface area contributed by atoms with Gasteiger partial charge in [-0.3, -0.25) is 4.79 Å². The molecule has 4 nitrogen and oxygen atoms in total. The molecule has 2 aliphatic rings. The van der Waals surface area contributed by atoms with E-state index in [1.54, 1.807) is 0 Å². The van der Waals surface area contributed by atoms with Crippen LogP contribution in [-0.4, -0.2) is 29.9 Å². The van der Waals surface area contributed by atoms with Crippen LogP contribution in [0.25, 0.3) is 0 Å². The van der Waals surface area contributed by atoms with Gasteiger partial charge in [-0.05, 0) is 19.3 Å². The first kappa shape index (κ1) is 14.9. The van der Waals surface area contributed by atoms with Gasteiger partial charge in [0.25, 0.3) is 0 Å². The summed E-state index contributed by atoms with van der Waals surface area (Å²) in [6, 6.07) is 0.594. The molecule has 0 unspecified atom stereocenters. The van der Waals surface area contributed by atoms with Gasteiger partial charge in [0.15, 0.2) is 0 Å². The lowest BCUT2D eigenvalue weighted by Gasteiger charge is -2.31. The van der Waals surface area contributed by atoms with Gasteiger partial charge < -0.3 is 0 Å². The molecule has 0 aromatic heterocycles. The molecule has 1 saturated carbocycles. The van der Waals surface area contributed by atoms with Crippen LogP contribution in [0.2, 0.25) is 0 Å². The molecule has 1 heterocycles. The van der Waals surface area contributed by atoms with Gasteiger partial charge in [0.05, 0.1) is 0 Å². The fourth-order valence-electron chi connectivity index (χ4n) is 3.15. The van der Waals surface area contributed by atoms with Gasteiger partial charge in [-0.15, -0.1) is 0 Å². The largest absolute Gasteiger partial charge is 0.300 e. The molecule has 2 fully saturated rings. The third kappa shape index (κ3) is 5.59. The first-order valence-electron chi connectivity index (χ1n) is 8.13. The fraction of sp³-hybridized carbons (Fsp3) is 0.933. The van der Waals surface area contributed by atoms with Crippen LogP contribution in [0.3, 0.4) is 0 Å². The maximum Gasteiger partial charge on any atom is 0.134 e. The number of rotatable bonds is 1. The summed E-state index contributed by atoms with van der Waals surface area (Å²) in [5.74, 6) is 0.415. The number of nitrogens with zero attached hydrogens (tertiary/aromatic N) is 1. The highest BCUT2D eigenvalue weighted by Gasteiger charge is 2.20. The molecule has 0 aromatic rings. The normalized spacial score (nSPS) is 26.6. The third-order valence-corrected chi connectivity index (χ3v) is 4.38. The molecule has 0 bridgehead atoms. The highest BCUT2D eigenvalue weighted by atomic mass is 16.1. The summed E-state index contributed by atoms with van der Waals surface area (Å²) < 4.78 is 0. The van der Waals surface area contributed by atoms with E-state index in [1.807, 2.05) is 0 Å². The Morgan fingerprint density at radius 1 is 0.895 bits per heavy atom. The molecule has 0 atom stereocenters. The number of hydrazine groups is 2. The van der Waals surface area contributed by atoms with Gasteiger partial charge in [0.1, 0.15) is 5.78 Å². The van der Waals surface area contributed by atoms with Crippen LogP contribution in [0.1, 0.15) is 70.6 Å². The molecule has 2 N–H and O–H groups in total. The quantitative estimate of drug-likeness (QED) is 0.766. The summed E-state index contributed by atoms with van der Waals surface area (Å²) in [5.41, 5.74) is 6.62. The van der Waals surface area contributed by atoms with Crippen LogP contribution >= 0.6 is 0 Å². The first-order valence-corrected chi connectivity index (χ1v) is 8.13. The molecule has 0 aromatic carbocycles. The monoisotopic (exact) mass is 267 g/mol. The lowest BCUT2D eigenvalue weighted by Crippen LogP contribution is -2.52. The molecule has 110 valence electrons. The molecule has 1 aliphatic carbocycles. The molecule has 2 rings (SSSR count). The van der Waals surface area contributed by atoms with Gasteiger partial charge in [-0.1, -0.05) is 38.5 Å². The second kappa shape index (κ2) is 8.67. The zero-order valence-corrected chi connectivity index (χ0v) is 12.1. The van der Waals surface area contributed by atoms with Crippen LogP contribution < -0.4 is 11.0 Å². The standard InChI is InChI=1S/C15H29N3O/c19-15-10-7-12-16-17-18(13-11-15)14-8-5-3-1-2-4-6-9-14/h14,16-17H,1-13H2. The number of nitrogens with one attached hydrogen (secondary N) is 2. The third-order valence-electron chi connectivity index (χ3n) is 4.38. The Morgan fingerprint density at radius 3 is 2.32 bits per heavy atom. The van der Waals surface area contributed by atoms with Crippen molar-refractivity contribution < 1.29 is 4.79 Å². The highest BCUT2D eigenvalue weighted by Crippen LogP contribution is 2.20. The maximum atomic E-state index is 11.7. The smallest absolute Gasteiger partial charge is 0.134 e. The molecule has 0 radical (unpaired) electrons. The predicted octanol–water partition coefficient (Wildman–Crippen LogP) is 2.55. The Balaban J connectivity index is 1.88. The van der Waals surface area contributed by atoms with E-state index in [-0.39, 0.29) is 0 Å². The number of hydrogen-bond acceptors (Lipinski definition) is 4. The van der Waals surface area contributed by atoms with Crippen molar-refractivity contribution in [1.82, 2.24) is 16.0 Å². The van der Waals surface area contributed by atoms with E-state index < -0.39 is 0 Å². The van der Waals surface area contributed by atoms with E-state index in [2.05, 4.69) is 16.0 Å². The van der Waals surface area contributed by atoms with Crippen LogP contribution in [-0.2, 0) is 4.79 Å². The van der Waals surface area contributed by atoms with Crippen molar-refractivity contribution in [1.29, 1.82) is 0 Å². The van der Waals surface area contributed by atoms with Gasteiger partial charge in [0, 0.05) is 32.0 Å². The lowest BCUT2D eigenvalue weighted by molar-refractivity contribution is -0.119. The summed E-state index contributed by atoms with van der Waals surface area (Å²) in [6.45, 7) is 1.74. The van der Waals surface area contributed by atoms with Crippen molar-refractivity contribution in [3.63, 3.8) is 0 Å². The predicted molar refractivity (Wildman–Crippen MR) is 77.4 cm³/mol. The fourth-order valence-corrected chi connectivity index (χ4v) is 3.15. The zero-order chi connectivity index (χ0) is 13.3. The number of Topliss-reactive ketones (excluding diaryl/α,β-unsaturated/α-hetero) is 1. The Kier molecular flexibility index (Phi) is 6.82. The topological polar surface area (TPSA) is 44.4 Å². The number of carbonyl (C=O) groups is 1. The van der Waals surface area contributed by atoms with E-state index in [9.17, 15) is 4.79 Å². The summed E-state index contributed by atoms with van der Waals surface area (Å²) in [6.07, 6.45) is 13.1. The van der Waals surface area contributed by atoms with Crippen LogP contribution in [0, 0.1) is 0 Å². The molecule has 1 aliphatic heterocycles. The molecule has 4 heteroatoms. The lowest BCUT2D eigenvalue weighted by atomic mass is 10.0. The van der Waals surface area contributed by atoms with E-state index >= 15 is 0 Å². The number of carbonyl (C=O) groups excluding carboxylic acids is 1. The van der Waals surface area contributed by atoms with Gasteiger partial charge in [-0.2, -0.15) is 5.53 Å². The zero-order valence-electron chi connectivity index (χ0n) is 12.1. The summed E-state index contributed by atoms with van der Waals surface area (Å²) >= 11 is 0. The Hall–Kier alpha value is -0.450. The van der Waals surface area contributed by atoms with Crippen molar-refractivity contribution in [2.75, 3.05) is 13.1 Å². The average Bonchev–Trinajstić information content (AvgIpc) is 2.60. The number of hydrogen-bond donors (Lipinski definition) is 2. The van der Waals surface area contributed by atoms with E-state index in [4.69, 9.17) is 0 Å². The summed E-state index contributed by atoms with van der Waals surface area (Å²) in [5, 5.41) is 2.30. The van der Waals surface area contributed by atoms with Crippen LogP contribution in [0.5, 0.6) is 0 Å². The van der Waals surface area contributed by atoms with Gasteiger partial charge in [-0.25, -0.2) is 10.4 Å². The highest BCUT2D eigenvalue weighted by molar-refractivity contribution is 5.78. The van der Waals surface area contributed by atoms with E-state index in [1.165, 1.54) is 51.4 Å². The molecular formula is C15H29N3O. The molecule has 0 amide bonds. The minimum absolute atomic E-state index is 0.415. The molecule has 1 saturated heterocycles. The minimum Gasteiger partial charge on any atom is -0.300 e. The average molecular weight is 267 g/mol. The Labute approximate surface area is 117 Å². The van der Waals surface area contributed by atoms with E-state index in [0.29, 0.717) is 18.2 Å². The summed E-state index contributed by atoms with van der Waals surface area (Å²) in [4.78, 5) is 11.7. The van der Waals surface area contributed by atoms with Crippen molar-refractivity contribution in [3.05, 3.63) is 0 Å². The Bertz CT molecular complexity index is 260. The minimum atomic E-state index is 0.415. The van der Waals surface area contributed by atoms with Crippen molar-refractivity contribution >= 4 is 5.78 Å². The second-order valence-corrected chi connectivity index (χ2v) is 5.98. The molecular weight excluding hydrogens is 238 g/mol. The number of ketones is 1. The van der Waals surface area contributed by atoms with Crippen molar-refractivity contribution in [2.45, 2.75) is 76.7 Å². The van der Waals surface area contributed by atoms with Crippen LogP contribution in [0.15, 0.2) is 0 Å².